The summed E-state index contributed by atoms with van der Waals surface area (Å²) in [5.41, 5.74) is -2.73. The summed E-state index contributed by atoms with van der Waals surface area (Å²) in [6, 6.07) is 7.23. The first-order valence-corrected chi connectivity index (χ1v) is 15.0. The Bertz CT molecular complexity index is 1750. The fourth-order valence-corrected chi connectivity index (χ4v) is 6.42. The van der Waals surface area contributed by atoms with E-state index in [2.05, 4.69) is 9.97 Å². The van der Waals surface area contributed by atoms with E-state index in [0.29, 0.717) is 25.7 Å². The highest BCUT2D eigenvalue weighted by Crippen LogP contribution is 2.49. The van der Waals surface area contributed by atoms with Crippen LogP contribution in [0.2, 0.25) is 0 Å². The average molecular weight is 580 g/mol. The Kier molecular flexibility index (Phi) is 6.50. The number of rotatable bonds is 6. The molecule has 2 aliphatic rings. The van der Waals surface area contributed by atoms with Crippen LogP contribution in [0.3, 0.4) is 0 Å². The number of Topliss-reactive ketones (excluding diaryl/α,β-unsaturated/α-hetero) is 1. The molecule has 2 aromatic carbocycles. The van der Waals surface area contributed by atoms with Crippen LogP contribution in [0.4, 0.5) is 18.9 Å². The number of ketones is 1. The quantitative estimate of drug-likeness (QED) is 0.435. The number of halogens is 3. The van der Waals surface area contributed by atoms with Crippen molar-refractivity contribution in [3.63, 3.8) is 0 Å². The van der Waals surface area contributed by atoms with E-state index in [1.165, 1.54) is 18.2 Å². The topological polar surface area (TPSA) is 132 Å². The zero-order valence-corrected chi connectivity index (χ0v) is 21.9. The standard InChI is InChI=1S/C25H20F3N3O6S2/c1-38(33,34)24-29-13-10-18(30-24)21-19(23(32)25(37-21)11-2-3-12-25)14-6-4-9-17(20(14)28)31-39(35,36)22-15(26)7-5-8-16(22)27/h4-10,13,31H,2-3,11-12H2,1H3. The van der Waals surface area contributed by atoms with Crippen LogP contribution in [0.1, 0.15) is 36.9 Å². The molecule has 2 heterocycles. The number of hydrogen-bond donors (Lipinski definition) is 1. The van der Waals surface area contributed by atoms with Crippen LogP contribution in [0.5, 0.6) is 0 Å². The molecule has 1 aliphatic carbocycles. The lowest BCUT2D eigenvalue weighted by Gasteiger charge is -2.22. The Morgan fingerprint density at radius 1 is 0.949 bits per heavy atom. The predicted molar refractivity (Wildman–Crippen MR) is 133 cm³/mol. The highest BCUT2D eigenvalue weighted by atomic mass is 32.2. The molecular formula is C25H20F3N3O6S2. The van der Waals surface area contributed by atoms with Crippen LogP contribution >= 0.6 is 0 Å². The molecule has 0 atom stereocenters. The highest BCUT2D eigenvalue weighted by molar-refractivity contribution is 7.92. The Balaban J connectivity index is 1.66. The second-order valence-electron chi connectivity index (χ2n) is 9.16. The molecule has 0 bridgehead atoms. The lowest BCUT2D eigenvalue weighted by molar-refractivity contribution is -0.127. The van der Waals surface area contributed by atoms with Crippen LogP contribution in [0, 0.1) is 17.5 Å². The SMILES string of the molecule is CS(=O)(=O)c1nccc(C2=C(c3cccc(NS(=O)(=O)c4c(F)cccc4F)c3F)C(=O)C3(CCCC3)O2)n1. The molecule has 0 radical (unpaired) electrons. The first-order valence-electron chi connectivity index (χ1n) is 11.6. The van der Waals surface area contributed by atoms with E-state index in [-0.39, 0.29) is 22.6 Å². The molecule has 1 spiro atoms. The Labute approximate surface area is 221 Å². The predicted octanol–water partition coefficient (Wildman–Crippen LogP) is 3.88. The maximum absolute atomic E-state index is 15.9. The zero-order chi connectivity index (χ0) is 28.2. The summed E-state index contributed by atoms with van der Waals surface area (Å²) < 4.78 is 102. The summed E-state index contributed by atoms with van der Waals surface area (Å²) in [5.74, 6) is -4.73. The van der Waals surface area contributed by atoms with Crippen LogP contribution in [-0.4, -0.2) is 44.4 Å². The summed E-state index contributed by atoms with van der Waals surface area (Å²) in [6.07, 6.45) is 4.00. The Hall–Kier alpha value is -3.78. The summed E-state index contributed by atoms with van der Waals surface area (Å²) in [5, 5.41) is -0.538. The van der Waals surface area contributed by atoms with Gasteiger partial charge in [0, 0.05) is 18.0 Å². The van der Waals surface area contributed by atoms with Gasteiger partial charge in [-0.05, 0) is 49.9 Å². The second kappa shape index (κ2) is 9.45. The lowest BCUT2D eigenvalue weighted by atomic mass is 9.89. The molecule has 14 heteroatoms. The van der Waals surface area contributed by atoms with Gasteiger partial charge in [-0.25, -0.2) is 40.0 Å². The van der Waals surface area contributed by atoms with Gasteiger partial charge in [-0.1, -0.05) is 18.2 Å². The van der Waals surface area contributed by atoms with Gasteiger partial charge in [0.2, 0.25) is 20.8 Å². The molecule has 0 unspecified atom stereocenters. The largest absolute Gasteiger partial charge is 0.476 e. The van der Waals surface area contributed by atoms with Crippen molar-refractivity contribution in [3.05, 3.63) is 77.4 Å². The number of aromatic nitrogens is 2. The Morgan fingerprint density at radius 3 is 2.23 bits per heavy atom. The summed E-state index contributed by atoms with van der Waals surface area (Å²) in [7, 11) is -8.76. The minimum atomic E-state index is -4.92. The van der Waals surface area contributed by atoms with Crippen molar-refractivity contribution in [3.8, 4) is 0 Å². The van der Waals surface area contributed by atoms with E-state index >= 15 is 4.39 Å². The van der Waals surface area contributed by atoms with Crippen LogP contribution < -0.4 is 4.72 Å². The average Bonchev–Trinajstić information content (AvgIpc) is 3.45. The van der Waals surface area contributed by atoms with Gasteiger partial charge in [0.15, 0.2) is 22.1 Å². The molecule has 1 aliphatic heterocycles. The van der Waals surface area contributed by atoms with Crippen molar-refractivity contribution < 1.29 is 39.5 Å². The number of carbonyl (C=O) groups is 1. The molecule has 0 saturated heterocycles. The van der Waals surface area contributed by atoms with Gasteiger partial charge in [0.1, 0.15) is 17.3 Å². The van der Waals surface area contributed by atoms with Crippen LogP contribution in [0.15, 0.2) is 58.7 Å². The molecule has 39 heavy (non-hydrogen) atoms. The maximum atomic E-state index is 15.9. The van der Waals surface area contributed by atoms with Gasteiger partial charge in [-0.3, -0.25) is 9.52 Å². The zero-order valence-electron chi connectivity index (χ0n) is 20.2. The van der Waals surface area contributed by atoms with Gasteiger partial charge in [-0.15, -0.1) is 0 Å². The summed E-state index contributed by atoms with van der Waals surface area (Å²) in [4.78, 5) is 20.1. The highest BCUT2D eigenvalue weighted by Gasteiger charge is 2.52. The molecule has 5 rings (SSSR count). The number of nitrogens with one attached hydrogen (secondary N) is 1. The number of ether oxygens (including phenoxy) is 1. The lowest BCUT2D eigenvalue weighted by Crippen LogP contribution is -2.33. The third kappa shape index (κ3) is 4.67. The molecule has 1 N–H and O–H groups in total. The van der Waals surface area contributed by atoms with E-state index in [4.69, 9.17) is 4.74 Å². The minimum Gasteiger partial charge on any atom is -0.476 e. The fraction of sp³-hybridized carbons (Fsp3) is 0.240. The molecule has 1 fully saturated rings. The smallest absolute Gasteiger partial charge is 0.267 e. The number of nitrogens with zero attached hydrogens (tertiary/aromatic N) is 2. The number of hydrogen-bond acceptors (Lipinski definition) is 8. The van der Waals surface area contributed by atoms with E-state index in [1.54, 1.807) is 0 Å². The van der Waals surface area contributed by atoms with Crippen molar-refractivity contribution >= 4 is 42.7 Å². The molecule has 1 aromatic heterocycles. The third-order valence-electron chi connectivity index (χ3n) is 6.47. The number of carbonyl (C=O) groups excluding carboxylic acids is 1. The number of benzene rings is 2. The number of sulfone groups is 1. The molecule has 0 amide bonds. The second-order valence-corrected chi connectivity index (χ2v) is 12.7. The molecular weight excluding hydrogens is 559 g/mol. The molecule has 9 nitrogen and oxygen atoms in total. The first-order chi connectivity index (χ1) is 18.3. The van der Waals surface area contributed by atoms with Crippen LogP contribution in [0.25, 0.3) is 11.3 Å². The van der Waals surface area contributed by atoms with Gasteiger partial charge in [-0.2, -0.15) is 0 Å². The van der Waals surface area contributed by atoms with E-state index in [9.17, 15) is 30.4 Å². The van der Waals surface area contributed by atoms with Crippen molar-refractivity contribution in [1.29, 1.82) is 0 Å². The Morgan fingerprint density at radius 2 is 1.59 bits per heavy atom. The van der Waals surface area contributed by atoms with Crippen molar-refractivity contribution in [2.45, 2.75) is 41.3 Å². The third-order valence-corrected chi connectivity index (χ3v) is 8.75. The summed E-state index contributed by atoms with van der Waals surface area (Å²) in [6.45, 7) is 0. The van der Waals surface area contributed by atoms with E-state index < -0.39 is 64.4 Å². The monoisotopic (exact) mass is 579 g/mol. The van der Waals surface area contributed by atoms with Gasteiger partial charge < -0.3 is 4.74 Å². The normalized spacial score (nSPS) is 17.1. The number of anilines is 1. The molecule has 204 valence electrons. The van der Waals surface area contributed by atoms with Gasteiger partial charge >= 0.3 is 0 Å². The molecule has 1 saturated carbocycles. The molecule has 3 aromatic rings. The van der Waals surface area contributed by atoms with Crippen molar-refractivity contribution in [2.24, 2.45) is 0 Å². The van der Waals surface area contributed by atoms with Crippen molar-refractivity contribution in [1.82, 2.24) is 9.97 Å². The number of sulfonamides is 1. The van der Waals surface area contributed by atoms with Crippen LogP contribution in [-0.2, 0) is 29.4 Å². The first kappa shape index (κ1) is 26.8. The fourth-order valence-electron chi connectivity index (χ4n) is 4.71. The van der Waals surface area contributed by atoms with Gasteiger partial charge in [0.25, 0.3) is 10.0 Å². The van der Waals surface area contributed by atoms with E-state index in [0.717, 1.165) is 36.7 Å². The van der Waals surface area contributed by atoms with E-state index in [1.807, 2.05) is 4.72 Å². The van der Waals surface area contributed by atoms with Gasteiger partial charge in [0.05, 0.1) is 11.3 Å². The van der Waals surface area contributed by atoms with Crippen molar-refractivity contribution in [2.75, 3.05) is 11.0 Å². The maximum Gasteiger partial charge on any atom is 0.267 e. The minimum absolute atomic E-state index is 0.0867. The summed E-state index contributed by atoms with van der Waals surface area (Å²) >= 11 is 0.